The Kier molecular flexibility index (Phi) is 6.28. The fourth-order valence-corrected chi connectivity index (χ4v) is 2.26. The minimum Gasteiger partial charge on any atom is -0.488 e. The van der Waals surface area contributed by atoms with Gasteiger partial charge >= 0.3 is 12.0 Å². The van der Waals surface area contributed by atoms with E-state index in [2.05, 4.69) is 5.32 Å². The first-order chi connectivity index (χ1) is 11.5. The number of carbonyl (C=O) groups is 2. The Morgan fingerprint density at radius 3 is 2.38 bits per heavy atom. The molecule has 0 radical (unpaired) electrons. The van der Waals surface area contributed by atoms with Crippen LogP contribution in [0.5, 0.6) is 5.75 Å². The molecule has 24 heavy (non-hydrogen) atoms. The van der Waals surface area contributed by atoms with Crippen LogP contribution in [-0.2, 0) is 4.74 Å². The highest BCUT2D eigenvalue weighted by Gasteiger charge is 2.08. The molecule has 0 aliphatic rings. The van der Waals surface area contributed by atoms with Gasteiger partial charge in [-0.15, -0.1) is 0 Å². The van der Waals surface area contributed by atoms with Crippen LogP contribution in [0.15, 0.2) is 42.5 Å². The maximum Gasteiger partial charge on any atom is 0.338 e. The van der Waals surface area contributed by atoms with Gasteiger partial charge in [0.1, 0.15) is 19.0 Å². The van der Waals surface area contributed by atoms with Gasteiger partial charge < -0.3 is 20.5 Å². The van der Waals surface area contributed by atoms with Gasteiger partial charge in [0.15, 0.2) is 0 Å². The van der Waals surface area contributed by atoms with Crippen LogP contribution in [0, 0.1) is 0 Å². The van der Waals surface area contributed by atoms with E-state index >= 15 is 0 Å². The summed E-state index contributed by atoms with van der Waals surface area (Å²) in [7, 11) is 0. The molecule has 0 saturated heterocycles. The van der Waals surface area contributed by atoms with Crippen LogP contribution in [0.4, 0.5) is 10.5 Å². The van der Waals surface area contributed by atoms with Gasteiger partial charge in [0, 0.05) is 10.7 Å². The lowest BCUT2D eigenvalue weighted by Gasteiger charge is -2.09. The lowest BCUT2D eigenvalue weighted by atomic mass is 10.2. The summed E-state index contributed by atoms with van der Waals surface area (Å²) in [5.74, 6) is -0.0505. The predicted molar refractivity (Wildman–Crippen MR) is 91.9 cm³/mol. The standard InChI is InChI=1S/C16H14Cl2N2O4/c17-11-3-6-14(13(18)9-11)23-7-8-24-15(21)10-1-4-12(5-2-10)20-16(19)22/h1-6,9H,7-8H2,(H3,19,20,22). The maximum absolute atomic E-state index is 11.9. The first-order valence-electron chi connectivity index (χ1n) is 6.87. The van der Waals surface area contributed by atoms with Crippen LogP contribution in [-0.4, -0.2) is 25.2 Å². The molecule has 0 spiro atoms. The third-order valence-electron chi connectivity index (χ3n) is 2.86. The van der Waals surface area contributed by atoms with E-state index in [1.807, 2.05) is 0 Å². The molecule has 0 saturated carbocycles. The monoisotopic (exact) mass is 368 g/mol. The van der Waals surface area contributed by atoms with Crippen molar-refractivity contribution < 1.29 is 19.1 Å². The van der Waals surface area contributed by atoms with Crippen molar-refractivity contribution in [2.75, 3.05) is 18.5 Å². The van der Waals surface area contributed by atoms with E-state index < -0.39 is 12.0 Å². The molecule has 0 aromatic heterocycles. The Hall–Kier alpha value is -2.44. The number of nitrogens with two attached hydrogens (primary N) is 1. The van der Waals surface area contributed by atoms with Crippen LogP contribution in [0.3, 0.4) is 0 Å². The number of ether oxygens (including phenoxy) is 2. The highest BCUT2D eigenvalue weighted by molar-refractivity contribution is 6.35. The first kappa shape index (κ1) is 17.9. The Bertz CT molecular complexity index is 735. The van der Waals surface area contributed by atoms with Gasteiger partial charge in [0.05, 0.1) is 10.6 Å². The Balaban J connectivity index is 1.79. The number of primary amides is 1. The van der Waals surface area contributed by atoms with Gasteiger partial charge in [0.25, 0.3) is 0 Å². The third kappa shape index (κ3) is 5.33. The van der Waals surface area contributed by atoms with E-state index in [1.54, 1.807) is 30.3 Å². The summed E-state index contributed by atoms with van der Waals surface area (Å²) < 4.78 is 10.5. The molecular weight excluding hydrogens is 355 g/mol. The summed E-state index contributed by atoms with van der Waals surface area (Å²) in [5, 5.41) is 3.28. The van der Waals surface area contributed by atoms with Crippen LogP contribution < -0.4 is 15.8 Å². The average molecular weight is 369 g/mol. The molecule has 0 fully saturated rings. The third-order valence-corrected chi connectivity index (χ3v) is 3.39. The molecule has 6 nitrogen and oxygen atoms in total. The van der Waals surface area contributed by atoms with E-state index in [0.717, 1.165) is 0 Å². The minimum absolute atomic E-state index is 0.0546. The number of esters is 1. The van der Waals surface area contributed by atoms with Crippen LogP contribution in [0.25, 0.3) is 0 Å². The van der Waals surface area contributed by atoms with E-state index in [9.17, 15) is 9.59 Å². The average Bonchev–Trinajstić information content (AvgIpc) is 2.53. The topological polar surface area (TPSA) is 90.7 Å². The smallest absolute Gasteiger partial charge is 0.338 e. The number of rotatable bonds is 6. The van der Waals surface area contributed by atoms with Gasteiger partial charge in [-0.2, -0.15) is 0 Å². The molecule has 2 rings (SSSR count). The summed E-state index contributed by atoms with van der Waals surface area (Å²) in [6, 6.07) is 10.3. The molecule has 0 atom stereocenters. The summed E-state index contributed by atoms with van der Waals surface area (Å²) in [4.78, 5) is 22.6. The summed E-state index contributed by atoms with van der Waals surface area (Å²) in [6.45, 7) is 0.202. The van der Waals surface area contributed by atoms with Crippen molar-refractivity contribution in [1.29, 1.82) is 0 Å². The van der Waals surface area contributed by atoms with Gasteiger partial charge in [-0.1, -0.05) is 23.2 Å². The van der Waals surface area contributed by atoms with Crippen molar-refractivity contribution in [2.24, 2.45) is 5.73 Å². The van der Waals surface area contributed by atoms with E-state index in [-0.39, 0.29) is 13.2 Å². The van der Waals surface area contributed by atoms with Gasteiger partial charge in [0.2, 0.25) is 0 Å². The first-order valence-corrected chi connectivity index (χ1v) is 7.63. The van der Waals surface area contributed by atoms with Crippen LogP contribution in [0.2, 0.25) is 10.0 Å². The normalized spacial score (nSPS) is 10.1. The molecule has 3 N–H and O–H groups in total. The number of anilines is 1. The summed E-state index contributed by atoms with van der Waals surface area (Å²) in [5.41, 5.74) is 5.83. The van der Waals surface area contributed by atoms with Crippen molar-refractivity contribution in [2.45, 2.75) is 0 Å². The number of halogens is 2. The zero-order chi connectivity index (χ0) is 17.5. The van der Waals surface area contributed by atoms with Gasteiger partial charge in [-0.05, 0) is 42.5 Å². The Morgan fingerprint density at radius 1 is 1.04 bits per heavy atom. The second-order valence-corrected chi connectivity index (χ2v) is 5.47. The SMILES string of the molecule is NC(=O)Nc1ccc(C(=O)OCCOc2ccc(Cl)cc2Cl)cc1. The lowest BCUT2D eigenvalue weighted by Crippen LogP contribution is -2.19. The maximum atomic E-state index is 11.9. The molecular formula is C16H14Cl2N2O4. The zero-order valence-corrected chi connectivity index (χ0v) is 13.9. The number of hydrogen-bond donors (Lipinski definition) is 2. The molecule has 2 aromatic rings. The summed E-state index contributed by atoms with van der Waals surface area (Å²) in [6.07, 6.45) is 0. The Labute approximate surface area is 148 Å². The van der Waals surface area contributed by atoms with E-state index in [4.69, 9.17) is 38.4 Å². The molecule has 0 aliphatic heterocycles. The number of amides is 2. The van der Waals surface area contributed by atoms with Crippen LogP contribution in [0.1, 0.15) is 10.4 Å². The lowest BCUT2D eigenvalue weighted by molar-refractivity contribution is 0.0450. The number of hydrogen-bond acceptors (Lipinski definition) is 4. The fourth-order valence-electron chi connectivity index (χ4n) is 1.79. The number of benzene rings is 2. The van der Waals surface area contributed by atoms with E-state index in [1.165, 1.54) is 12.1 Å². The zero-order valence-electron chi connectivity index (χ0n) is 12.4. The minimum atomic E-state index is -0.677. The second-order valence-electron chi connectivity index (χ2n) is 4.63. The fraction of sp³-hybridized carbons (Fsp3) is 0.125. The molecule has 2 amide bonds. The molecule has 0 bridgehead atoms. The van der Waals surface area contributed by atoms with Gasteiger partial charge in [-0.3, -0.25) is 0 Å². The van der Waals surface area contributed by atoms with Crippen molar-refractivity contribution >= 4 is 40.9 Å². The molecule has 0 unspecified atom stereocenters. The van der Waals surface area contributed by atoms with Crippen molar-refractivity contribution in [3.8, 4) is 5.75 Å². The molecule has 2 aromatic carbocycles. The number of carbonyl (C=O) groups excluding carboxylic acids is 2. The summed E-state index contributed by atoms with van der Waals surface area (Å²) >= 11 is 11.7. The highest BCUT2D eigenvalue weighted by atomic mass is 35.5. The number of urea groups is 1. The van der Waals surface area contributed by atoms with Crippen molar-refractivity contribution in [1.82, 2.24) is 0 Å². The molecule has 0 aliphatic carbocycles. The molecule has 0 heterocycles. The quantitative estimate of drug-likeness (QED) is 0.600. The van der Waals surface area contributed by atoms with Gasteiger partial charge in [-0.25, -0.2) is 9.59 Å². The predicted octanol–water partition coefficient (Wildman–Crippen LogP) is 3.72. The largest absolute Gasteiger partial charge is 0.488 e. The van der Waals surface area contributed by atoms with Crippen molar-refractivity contribution in [3.63, 3.8) is 0 Å². The number of nitrogens with one attached hydrogen (secondary N) is 1. The molecule has 126 valence electrons. The van der Waals surface area contributed by atoms with Crippen molar-refractivity contribution in [3.05, 3.63) is 58.1 Å². The van der Waals surface area contributed by atoms with Crippen LogP contribution >= 0.6 is 23.2 Å². The second kappa shape index (κ2) is 8.42. The highest BCUT2D eigenvalue weighted by Crippen LogP contribution is 2.27. The molecule has 8 heteroatoms. The Morgan fingerprint density at radius 2 is 1.75 bits per heavy atom. The van der Waals surface area contributed by atoms with E-state index in [0.29, 0.717) is 27.0 Å².